The molecule has 19 heavy (non-hydrogen) atoms. The lowest BCUT2D eigenvalue weighted by Gasteiger charge is -2.17. The van der Waals surface area contributed by atoms with Crippen LogP contribution in [0.15, 0.2) is 12.1 Å². The van der Waals surface area contributed by atoms with E-state index in [-0.39, 0.29) is 29.5 Å². The molecule has 0 saturated heterocycles. The van der Waals surface area contributed by atoms with Crippen LogP contribution in [0.5, 0.6) is 5.75 Å². The molecule has 1 saturated carbocycles. The van der Waals surface area contributed by atoms with Crippen molar-refractivity contribution in [2.45, 2.75) is 31.4 Å². The Balaban J connectivity index is 2.27. The van der Waals surface area contributed by atoms with Gasteiger partial charge in [-0.3, -0.25) is 0 Å². The van der Waals surface area contributed by atoms with E-state index in [0.717, 1.165) is 0 Å². The molecule has 1 aliphatic rings. The van der Waals surface area contributed by atoms with Crippen LogP contribution in [0, 0.1) is 11.7 Å². The highest BCUT2D eigenvalue weighted by Crippen LogP contribution is 2.49. The molecule has 0 bridgehead atoms. The number of halogens is 5. The zero-order valence-corrected chi connectivity index (χ0v) is 11.0. The third kappa shape index (κ3) is 2.81. The minimum absolute atomic E-state index is 0.00181. The predicted molar refractivity (Wildman–Crippen MR) is 64.1 cm³/mol. The van der Waals surface area contributed by atoms with E-state index in [1.54, 1.807) is 0 Å². The lowest BCUT2D eigenvalue weighted by atomic mass is 9.95. The van der Waals surface area contributed by atoms with Gasteiger partial charge in [0.1, 0.15) is 16.6 Å². The molecular formula is C13H13ClF4O. The smallest absolute Gasteiger partial charge is 0.391 e. The molecule has 2 atom stereocenters. The summed E-state index contributed by atoms with van der Waals surface area (Å²) in [6, 6.07) is 2.63. The van der Waals surface area contributed by atoms with Crippen molar-refractivity contribution in [2.75, 3.05) is 7.11 Å². The van der Waals surface area contributed by atoms with E-state index < -0.39 is 17.9 Å². The Morgan fingerprint density at radius 1 is 1.26 bits per heavy atom. The van der Waals surface area contributed by atoms with Gasteiger partial charge in [0.05, 0.1) is 13.0 Å². The number of ether oxygens (including phenoxy) is 1. The summed E-state index contributed by atoms with van der Waals surface area (Å²) >= 11 is 5.78. The number of benzene rings is 1. The van der Waals surface area contributed by atoms with E-state index in [0.29, 0.717) is 12.0 Å². The fourth-order valence-electron chi connectivity index (χ4n) is 2.64. The molecule has 106 valence electrons. The third-order valence-electron chi connectivity index (χ3n) is 3.62. The zero-order valence-electron chi connectivity index (χ0n) is 10.2. The van der Waals surface area contributed by atoms with E-state index in [1.165, 1.54) is 19.2 Å². The largest absolute Gasteiger partial charge is 0.495 e. The fraction of sp³-hybridized carbons (Fsp3) is 0.538. The van der Waals surface area contributed by atoms with Crippen molar-refractivity contribution in [3.63, 3.8) is 0 Å². The molecule has 2 rings (SSSR count). The average Bonchev–Trinajstić information content (AvgIpc) is 2.81. The van der Waals surface area contributed by atoms with Gasteiger partial charge in [-0.2, -0.15) is 13.2 Å². The minimum atomic E-state index is -4.17. The predicted octanol–water partition coefficient (Wildman–Crippen LogP) is 4.93. The van der Waals surface area contributed by atoms with Crippen LogP contribution in [-0.2, 0) is 0 Å². The fourth-order valence-corrected chi connectivity index (χ4v) is 2.89. The number of hydrogen-bond acceptors (Lipinski definition) is 1. The molecule has 0 spiro atoms. The molecule has 0 heterocycles. The lowest BCUT2D eigenvalue weighted by Crippen LogP contribution is -2.19. The van der Waals surface area contributed by atoms with Gasteiger partial charge in [-0.25, -0.2) is 4.39 Å². The first kappa shape index (κ1) is 14.4. The van der Waals surface area contributed by atoms with Crippen molar-refractivity contribution >= 4 is 11.6 Å². The Bertz CT molecular complexity index is 472. The van der Waals surface area contributed by atoms with Crippen molar-refractivity contribution in [1.29, 1.82) is 0 Å². The van der Waals surface area contributed by atoms with Crippen LogP contribution in [0.1, 0.15) is 30.7 Å². The first-order valence-electron chi connectivity index (χ1n) is 5.93. The summed E-state index contributed by atoms with van der Waals surface area (Å²) in [7, 11) is 1.33. The van der Waals surface area contributed by atoms with E-state index in [9.17, 15) is 17.6 Å². The topological polar surface area (TPSA) is 9.23 Å². The van der Waals surface area contributed by atoms with Gasteiger partial charge in [-0.15, -0.1) is 0 Å². The Labute approximate surface area is 113 Å². The van der Waals surface area contributed by atoms with Crippen LogP contribution >= 0.6 is 11.6 Å². The Kier molecular flexibility index (Phi) is 3.95. The molecule has 1 nitrogen and oxygen atoms in total. The number of hydrogen-bond donors (Lipinski definition) is 0. The van der Waals surface area contributed by atoms with Crippen molar-refractivity contribution < 1.29 is 22.3 Å². The molecule has 6 heteroatoms. The van der Waals surface area contributed by atoms with Gasteiger partial charge in [0.25, 0.3) is 0 Å². The van der Waals surface area contributed by atoms with E-state index in [1.807, 2.05) is 0 Å². The quantitative estimate of drug-likeness (QED) is 0.703. The van der Waals surface area contributed by atoms with Crippen molar-refractivity contribution in [3.05, 3.63) is 28.5 Å². The average molecular weight is 297 g/mol. The van der Waals surface area contributed by atoms with Gasteiger partial charge in [0.2, 0.25) is 0 Å². The van der Waals surface area contributed by atoms with E-state index in [4.69, 9.17) is 16.3 Å². The molecule has 1 fully saturated rings. The van der Waals surface area contributed by atoms with Gasteiger partial charge in [0.15, 0.2) is 0 Å². The second-order valence-corrected chi connectivity index (χ2v) is 5.11. The van der Waals surface area contributed by atoms with Crippen LogP contribution in [0.4, 0.5) is 17.6 Å². The second kappa shape index (κ2) is 5.19. The molecule has 0 N–H and O–H groups in total. The van der Waals surface area contributed by atoms with Crippen molar-refractivity contribution in [2.24, 2.45) is 5.92 Å². The summed E-state index contributed by atoms with van der Waals surface area (Å²) in [5.74, 6) is -2.08. The van der Waals surface area contributed by atoms with Crippen LogP contribution in [0.25, 0.3) is 0 Å². The standard InChI is InChI=1S/C13H13ClF4O/c1-19-12-9(4-5-10(15)11(12)14)7-2-3-8(6-7)13(16,17)18/h4-5,7-8H,2-3,6H2,1H3. The van der Waals surface area contributed by atoms with Crippen molar-refractivity contribution in [1.82, 2.24) is 0 Å². The summed E-state index contributed by atoms with van der Waals surface area (Å²) in [5, 5.41) is -0.171. The van der Waals surface area contributed by atoms with Gasteiger partial charge < -0.3 is 4.74 Å². The monoisotopic (exact) mass is 296 g/mol. The van der Waals surface area contributed by atoms with Crippen LogP contribution < -0.4 is 4.74 Å². The highest BCUT2D eigenvalue weighted by Gasteiger charge is 2.44. The molecule has 0 aromatic heterocycles. The molecule has 1 aromatic carbocycles. The zero-order chi connectivity index (χ0) is 14.2. The lowest BCUT2D eigenvalue weighted by molar-refractivity contribution is -0.172. The maximum atomic E-state index is 13.3. The first-order chi connectivity index (χ1) is 8.84. The number of rotatable bonds is 2. The molecular weight excluding hydrogens is 284 g/mol. The summed E-state index contributed by atoms with van der Waals surface area (Å²) in [6.45, 7) is 0. The molecule has 2 unspecified atom stereocenters. The van der Waals surface area contributed by atoms with Gasteiger partial charge in [0, 0.05) is 0 Å². The maximum Gasteiger partial charge on any atom is 0.391 e. The summed E-state index contributed by atoms with van der Waals surface area (Å²) in [4.78, 5) is 0. The maximum absolute atomic E-state index is 13.3. The highest BCUT2D eigenvalue weighted by molar-refractivity contribution is 6.32. The normalized spacial score (nSPS) is 23.7. The Hall–Kier alpha value is -0.970. The molecule has 1 aromatic rings. The Morgan fingerprint density at radius 3 is 2.47 bits per heavy atom. The van der Waals surface area contributed by atoms with Crippen LogP contribution in [0.2, 0.25) is 5.02 Å². The first-order valence-corrected chi connectivity index (χ1v) is 6.31. The Morgan fingerprint density at radius 2 is 1.95 bits per heavy atom. The highest BCUT2D eigenvalue weighted by atomic mass is 35.5. The third-order valence-corrected chi connectivity index (χ3v) is 3.97. The molecule has 0 aliphatic heterocycles. The van der Waals surface area contributed by atoms with Gasteiger partial charge in [-0.1, -0.05) is 17.7 Å². The summed E-state index contributed by atoms with van der Waals surface area (Å²) < 4.78 is 56.3. The van der Waals surface area contributed by atoms with Gasteiger partial charge >= 0.3 is 6.18 Å². The van der Waals surface area contributed by atoms with Gasteiger partial charge in [-0.05, 0) is 36.8 Å². The summed E-state index contributed by atoms with van der Waals surface area (Å²) in [6.07, 6.45) is -3.68. The number of alkyl halides is 3. The molecule has 0 radical (unpaired) electrons. The molecule has 1 aliphatic carbocycles. The number of methoxy groups -OCH3 is 1. The van der Waals surface area contributed by atoms with Crippen LogP contribution in [0.3, 0.4) is 0 Å². The second-order valence-electron chi connectivity index (χ2n) is 4.73. The van der Waals surface area contributed by atoms with Crippen LogP contribution in [-0.4, -0.2) is 13.3 Å². The van der Waals surface area contributed by atoms with E-state index in [2.05, 4.69) is 0 Å². The SMILES string of the molecule is COc1c(C2CCC(C(F)(F)F)C2)ccc(F)c1Cl. The molecule has 0 amide bonds. The van der Waals surface area contributed by atoms with Crippen molar-refractivity contribution in [3.8, 4) is 5.75 Å². The summed E-state index contributed by atoms with van der Waals surface area (Å²) in [5.41, 5.74) is 0.556. The van der Waals surface area contributed by atoms with E-state index >= 15 is 0 Å². The minimum Gasteiger partial charge on any atom is -0.495 e.